The lowest BCUT2D eigenvalue weighted by Gasteiger charge is -2.16. The monoisotopic (exact) mass is 226 g/mol. The zero-order valence-corrected chi connectivity index (χ0v) is 9.24. The van der Waals surface area contributed by atoms with Gasteiger partial charge in [0.25, 0.3) is 0 Å². The van der Waals surface area contributed by atoms with E-state index in [9.17, 15) is 9.59 Å². The highest BCUT2D eigenvalue weighted by Gasteiger charge is 2.32. The fourth-order valence-electron chi connectivity index (χ4n) is 2.55. The third-order valence-electron chi connectivity index (χ3n) is 3.51. The Bertz CT molecular complexity index is 287. The third-order valence-corrected chi connectivity index (χ3v) is 3.51. The van der Waals surface area contributed by atoms with Gasteiger partial charge >= 0.3 is 5.97 Å². The fourth-order valence-corrected chi connectivity index (χ4v) is 2.55. The van der Waals surface area contributed by atoms with Gasteiger partial charge in [0.05, 0.1) is 12.0 Å². The molecule has 5 nitrogen and oxygen atoms in total. The van der Waals surface area contributed by atoms with Gasteiger partial charge in [0.1, 0.15) is 0 Å². The second-order valence-corrected chi connectivity index (χ2v) is 4.70. The van der Waals surface area contributed by atoms with Crippen LogP contribution >= 0.6 is 0 Å². The summed E-state index contributed by atoms with van der Waals surface area (Å²) >= 11 is 0. The van der Waals surface area contributed by atoms with Crippen molar-refractivity contribution in [3.05, 3.63) is 0 Å². The van der Waals surface area contributed by atoms with Crippen LogP contribution in [-0.4, -0.2) is 35.6 Å². The molecule has 0 spiro atoms. The SMILES string of the molecule is O=C(O)[C@@H]1CC[C@H](NC(=O)[C@H]2CCCN2)C1. The number of rotatable bonds is 3. The highest BCUT2D eigenvalue weighted by molar-refractivity contribution is 5.82. The van der Waals surface area contributed by atoms with E-state index in [1.165, 1.54) is 0 Å². The van der Waals surface area contributed by atoms with Gasteiger partial charge < -0.3 is 15.7 Å². The molecule has 0 aromatic heterocycles. The summed E-state index contributed by atoms with van der Waals surface area (Å²) in [5.41, 5.74) is 0. The van der Waals surface area contributed by atoms with Crippen LogP contribution < -0.4 is 10.6 Å². The molecule has 1 saturated carbocycles. The molecule has 0 bridgehead atoms. The molecular formula is C11H18N2O3. The fraction of sp³-hybridized carbons (Fsp3) is 0.818. The molecule has 1 heterocycles. The van der Waals surface area contributed by atoms with E-state index in [1.807, 2.05) is 0 Å². The van der Waals surface area contributed by atoms with Crippen LogP contribution in [0.3, 0.4) is 0 Å². The van der Waals surface area contributed by atoms with Crippen LogP contribution in [0.2, 0.25) is 0 Å². The van der Waals surface area contributed by atoms with E-state index in [0.717, 1.165) is 25.8 Å². The molecule has 0 aromatic rings. The molecule has 5 heteroatoms. The summed E-state index contributed by atoms with van der Waals surface area (Å²) in [6.07, 6.45) is 3.98. The smallest absolute Gasteiger partial charge is 0.306 e. The van der Waals surface area contributed by atoms with Crippen molar-refractivity contribution in [3.63, 3.8) is 0 Å². The first kappa shape index (κ1) is 11.4. The number of hydrogen-bond acceptors (Lipinski definition) is 3. The van der Waals surface area contributed by atoms with Crippen LogP contribution in [0.1, 0.15) is 32.1 Å². The second kappa shape index (κ2) is 4.82. The molecule has 1 saturated heterocycles. The molecule has 0 radical (unpaired) electrons. The van der Waals surface area contributed by atoms with Gasteiger partial charge in [-0.3, -0.25) is 9.59 Å². The third kappa shape index (κ3) is 2.52. The predicted octanol–water partition coefficient (Wildman–Crippen LogP) is 0.108. The van der Waals surface area contributed by atoms with Crippen molar-refractivity contribution in [2.75, 3.05) is 6.54 Å². The minimum atomic E-state index is -0.740. The Morgan fingerprint density at radius 2 is 2.06 bits per heavy atom. The van der Waals surface area contributed by atoms with E-state index in [0.29, 0.717) is 12.8 Å². The first-order valence-electron chi connectivity index (χ1n) is 5.93. The van der Waals surface area contributed by atoms with E-state index >= 15 is 0 Å². The summed E-state index contributed by atoms with van der Waals surface area (Å²) < 4.78 is 0. The number of carbonyl (C=O) groups is 2. The molecule has 90 valence electrons. The summed E-state index contributed by atoms with van der Waals surface area (Å²) in [5.74, 6) is -0.980. The summed E-state index contributed by atoms with van der Waals surface area (Å²) in [5, 5.41) is 14.9. The highest BCUT2D eigenvalue weighted by Crippen LogP contribution is 2.25. The van der Waals surface area contributed by atoms with E-state index in [1.54, 1.807) is 0 Å². The average molecular weight is 226 g/mol. The Morgan fingerprint density at radius 3 is 2.62 bits per heavy atom. The maximum absolute atomic E-state index is 11.8. The summed E-state index contributed by atoms with van der Waals surface area (Å²) in [6.45, 7) is 0.903. The quantitative estimate of drug-likeness (QED) is 0.638. The molecule has 3 N–H and O–H groups in total. The van der Waals surface area contributed by atoms with Crippen LogP contribution in [-0.2, 0) is 9.59 Å². The Kier molecular flexibility index (Phi) is 3.43. The van der Waals surface area contributed by atoms with Crippen LogP contribution in [0.15, 0.2) is 0 Å². The number of carboxylic acids is 1. The van der Waals surface area contributed by atoms with Gasteiger partial charge in [-0.15, -0.1) is 0 Å². The lowest BCUT2D eigenvalue weighted by atomic mass is 10.1. The minimum Gasteiger partial charge on any atom is -0.481 e. The van der Waals surface area contributed by atoms with Crippen LogP contribution in [0.5, 0.6) is 0 Å². The minimum absolute atomic E-state index is 0.0357. The van der Waals surface area contributed by atoms with Crippen molar-refractivity contribution < 1.29 is 14.7 Å². The molecule has 2 fully saturated rings. The van der Waals surface area contributed by atoms with Gasteiger partial charge in [-0.1, -0.05) is 0 Å². The van der Waals surface area contributed by atoms with Crippen molar-refractivity contribution in [2.24, 2.45) is 5.92 Å². The van der Waals surface area contributed by atoms with Crippen molar-refractivity contribution in [1.29, 1.82) is 0 Å². The summed E-state index contributed by atoms with van der Waals surface area (Å²) in [4.78, 5) is 22.5. The Balaban J connectivity index is 1.78. The standard InChI is InChI=1S/C11H18N2O3/c14-10(9-2-1-5-12-9)13-8-4-3-7(6-8)11(15)16/h7-9,12H,1-6H2,(H,13,14)(H,15,16)/t7-,8+,9-/m1/s1. The maximum Gasteiger partial charge on any atom is 0.306 e. The van der Waals surface area contributed by atoms with Crippen molar-refractivity contribution in [3.8, 4) is 0 Å². The summed E-state index contributed by atoms with van der Waals surface area (Å²) in [6, 6.07) is -0.0140. The van der Waals surface area contributed by atoms with E-state index in [4.69, 9.17) is 5.11 Å². The zero-order chi connectivity index (χ0) is 11.5. The largest absolute Gasteiger partial charge is 0.481 e. The Hall–Kier alpha value is -1.10. The first-order chi connectivity index (χ1) is 7.66. The lowest BCUT2D eigenvalue weighted by molar-refractivity contribution is -0.141. The Morgan fingerprint density at radius 1 is 1.25 bits per heavy atom. The van der Waals surface area contributed by atoms with E-state index < -0.39 is 5.97 Å². The number of carboxylic acid groups (broad SMARTS) is 1. The van der Waals surface area contributed by atoms with Crippen molar-refractivity contribution in [1.82, 2.24) is 10.6 Å². The molecule has 2 rings (SSSR count). The first-order valence-corrected chi connectivity index (χ1v) is 5.93. The number of carbonyl (C=O) groups excluding carboxylic acids is 1. The number of amides is 1. The predicted molar refractivity (Wildman–Crippen MR) is 57.9 cm³/mol. The highest BCUT2D eigenvalue weighted by atomic mass is 16.4. The van der Waals surface area contributed by atoms with Gasteiger partial charge in [0, 0.05) is 6.04 Å². The maximum atomic E-state index is 11.8. The van der Waals surface area contributed by atoms with Gasteiger partial charge in [-0.05, 0) is 38.6 Å². The van der Waals surface area contributed by atoms with Crippen LogP contribution in [0.4, 0.5) is 0 Å². The van der Waals surface area contributed by atoms with Gasteiger partial charge in [0.15, 0.2) is 0 Å². The lowest BCUT2D eigenvalue weighted by Crippen LogP contribution is -2.44. The topological polar surface area (TPSA) is 78.4 Å². The summed E-state index contributed by atoms with van der Waals surface area (Å²) in [7, 11) is 0. The van der Waals surface area contributed by atoms with Crippen LogP contribution in [0.25, 0.3) is 0 Å². The van der Waals surface area contributed by atoms with Crippen molar-refractivity contribution >= 4 is 11.9 Å². The van der Waals surface area contributed by atoms with E-state index in [-0.39, 0.29) is 23.9 Å². The number of hydrogen-bond donors (Lipinski definition) is 3. The van der Waals surface area contributed by atoms with E-state index in [2.05, 4.69) is 10.6 Å². The van der Waals surface area contributed by atoms with Crippen molar-refractivity contribution in [2.45, 2.75) is 44.2 Å². The van der Waals surface area contributed by atoms with Gasteiger partial charge in [-0.25, -0.2) is 0 Å². The number of nitrogens with one attached hydrogen (secondary N) is 2. The van der Waals surface area contributed by atoms with Gasteiger partial charge in [-0.2, -0.15) is 0 Å². The Labute approximate surface area is 94.6 Å². The normalized spacial score (nSPS) is 33.9. The number of aliphatic carboxylic acids is 1. The molecule has 0 aromatic carbocycles. The van der Waals surface area contributed by atoms with Crippen LogP contribution in [0, 0.1) is 5.92 Å². The molecule has 1 aliphatic heterocycles. The average Bonchev–Trinajstić information content (AvgIpc) is 2.87. The molecule has 3 atom stereocenters. The molecule has 2 aliphatic rings. The second-order valence-electron chi connectivity index (χ2n) is 4.70. The molecule has 0 unspecified atom stereocenters. The molecular weight excluding hydrogens is 208 g/mol. The molecule has 1 amide bonds. The molecule has 1 aliphatic carbocycles. The zero-order valence-electron chi connectivity index (χ0n) is 9.24. The molecule has 16 heavy (non-hydrogen) atoms. The van der Waals surface area contributed by atoms with Gasteiger partial charge in [0.2, 0.25) is 5.91 Å².